The van der Waals surface area contributed by atoms with Gasteiger partial charge in [-0.3, -0.25) is 4.79 Å². The molecule has 0 amide bonds. The van der Waals surface area contributed by atoms with Gasteiger partial charge in [-0.1, -0.05) is 6.07 Å². The average Bonchev–Trinajstić information content (AvgIpc) is 2.88. The van der Waals surface area contributed by atoms with Gasteiger partial charge in [0.25, 0.3) is 5.65 Å². The summed E-state index contributed by atoms with van der Waals surface area (Å²) in [6.07, 6.45) is 4.79. The van der Waals surface area contributed by atoms with E-state index in [9.17, 15) is 4.79 Å². The molecule has 3 rings (SSSR count). The van der Waals surface area contributed by atoms with Crippen LogP contribution in [0.25, 0.3) is 5.65 Å². The molecular weight excluding hydrogens is 240 g/mol. The maximum atomic E-state index is 10.5. The third-order valence-electron chi connectivity index (χ3n) is 2.88. The van der Waals surface area contributed by atoms with Crippen LogP contribution in [0.2, 0.25) is 0 Å². The van der Waals surface area contributed by atoms with Crippen molar-refractivity contribution >= 4 is 11.9 Å². The number of imidazole rings is 1. The highest BCUT2D eigenvalue weighted by molar-refractivity contribution is 5.74. The van der Waals surface area contributed by atoms with E-state index in [1.165, 1.54) is 0 Å². The lowest BCUT2D eigenvalue weighted by molar-refractivity contribution is -0.510. The number of fused-ring (bicyclic) bond motifs is 1. The first-order chi connectivity index (χ1) is 9.35. The Morgan fingerprint density at radius 2 is 2.00 bits per heavy atom. The number of carbonyl (C=O) groups is 1. The minimum Gasteiger partial charge on any atom is -0.485 e. The minimum absolute atomic E-state index is 0.460. The van der Waals surface area contributed by atoms with Crippen molar-refractivity contribution in [1.82, 2.24) is 4.98 Å². The molecule has 0 aliphatic rings. The number of carbonyl (C=O) groups excluding carboxylic acids is 1. The Hall–Kier alpha value is -2.62. The fourth-order valence-corrected chi connectivity index (χ4v) is 1.92. The van der Waals surface area contributed by atoms with Crippen LogP contribution in [0.5, 0.6) is 5.75 Å². The number of nitrogens with one attached hydrogen (secondary N) is 1. The topological polar surface area (TPSA) is 46.2 Å². The van der Waals surface area contributed by atoms with Crippen LogP contribution in [-0.2, 0) is 6.61 Å². The van der Waals surface area contributed by atoms with Crippen LogP contribution < -0.4 is 9.14 Å². The maximum Gasteiger partial charge on any atom is 0.284 e. The minimum atomic E-state index is 0.460. The van der Waals surface area contributed by atoms with Gasteiger partial charge in [0.1, 0.15) is 18.2 Å². The van der Waals surface area contributed by atoms with E-state index in [-0.39, 0.29) is 0 Å². The molecule has 2 aromatic heterocycles. The SMILES string of the molecule is O=Cc1ccc(OCc2c[n+]3ccccc3[nH]2)cc1. The zero-order chi connectivity index (χ0) is 13.1. The summed E-state index contributed by atoms with van der Waals surface area (Å²) in [4.78, 5) is 13.8. The van der Waals surface area contributed by atoms with Crippen LogP contribution in [0.4, 0.5) is 0 Å². The molecular formula is C15H13N2O2+. The quantitative estimate of drug-likeness (QED) is 0.572. The third kappa shape index (κ3) is 2.47. The largest absolute Gasteiger partial charge is 0.485 e. The van der Waals surface area contributed by atoms with Crippen molar-refractivity contribution in [3.63, 3.8) is 0 Å². The highest BCUT2D eigenvalue weighted by Gasteiger charge is 2.07. The normalized spacial score (nSPS) is 10.5. The second kappa shape index (κ2) is 4.94. The van der Waals surface area contributed by atoms with Crippen LogP contribution in [-0.4, -0.2) is 11.3 Å². The molecule has 0 spiro atoms. The van der Waals surface area contributed by atoms with Crippen molar-refractivity contribution < 1.29 is 13.9 Å². The Bertz CT molecular complexity index is 668. The van der Waals surface area contributed by atoms with Gasteiger partial charge < -0.3 is 4.74 Å². The number of hydrogen-bond donors (Lipinski definition) is 1. The fraction of sp³-hybridized carbons (Fsp3) is 0.0667. The van der Waals surface area contributed by atoms with E-state index in [2.05, 4.69) is 4.98 Å². The first-order valence-corrected chi connectivity index (χ1v) is 6.01. The van der Waals surface area contributed by atoms with Crippen LogP contribution in [0.3, 0.4) is 0 Å². The molecule has 0 saturated heterocycles. The Kier molecular flexibility index (Phi) is 2.98. The van der Waals surface area contributed by atoms with Crippen LogP contribution in [0.15, 0.2) is 54.9 Å². The van der Waals surface area contributed by atoms with Gasteiger partial charge in [-0.05, 0) is 30.3 Å². The van der Waals surface area contributed by atoms with E-state index in [0.29, 0.717) is 12.2 Å². The molecule has 0 saturated carbocycles. The maximum absolute atomic E-state index is 10.5. The summed E-state index contributed by atoms with van der Waals surface area (Å²) in [5, 5.41) is 0. The summed E-state index contributed by atoms with van der Waals surface area (Å²) < 4.78 is 7.67. The molecule has 0 aliphatic heterocycles. The summed E-state index contributed by atoms with van der Waals surface area (Å²) in [7, 11) is 0. The van der Waals surface area contributed by atoms with E-state index < -0.39 is 0 Å². The van der Waals surface area contributed by atoms with Gasteiger partial charge in [0.05, 0.1) is 6.20 Å². The lowest BCUT2D eigenvalue weighted by atomic mass is 10.2. The number of benzene rings is 1. The molecule has 2 heterocycles. The van der Waals surface area contributed by atoms with Gasteiger partial charge in [0, 0.05) is 11.6 Å². The number of nitrogens with zero attached hydrogens (tertiary/aromatic N) is 1. The summed E-state index contributed by atoms with van der Waals surface area (Å²) in [5.74, 6) is 0.745. The molecule has 0 bridgehead atoms. The molecule has 0 radical (unpaired) electrons. The second-order valence-corrected chi connectivity index (χ2v) is 4.25. The molecule has 4 heteroatoms. The molecule has 19 heavy (non-hydrogen) atoms. The first kappa shape index (κ1) is 11.5. The fourth-order valence-electron chi connectivity index (χ4n) is 1.92. The van der Waals surface area contributed by atoms with Crippen molar-refractivity contribution in [3.05, 3.63) is 66.1 Å². The Balaban J connectivity index is 1.72. The number of ether oxygens (including phenoxy) is 1. The van der Waals surface area contributed by atoms with Gasteiger partial charge in [-0.2, -0.15) is 0 Å². The van der Waals surface area contributed by atoms with Crippen molar-refractivity contribution in [1.29, 1.82) is 0 Å². The van der Waals surface area contributed by atoms with E-state index in [0.717, 1.165) is 23.4 Å². The number of H-pyrrole nitrogens is 1. The van der Waals surface area contributed by atoms with Crippen molar-refractivity contribution in [3.8, 4) is 5.75 Å². The number of aromatic amines is 1. The Morgan fingerprint density at radius 3 is 2.74 bits per heavy atom. The van der Waals surface area contributed by atoms with Gasteiger partial charge in [-0.25, -0.2) is 9.38 Å². The molecule has 94 valence electrons. The molecule has 4 nitrogen and oxygen atoms in total. The van der Waals surface area contributed by atoms with Crippen LogP contribution in [0, 0.1) is 0 Å². The predicted octanol–water partition coefficient (Wildman–Crippen LogP) is 2.14. The number of pyridine rings is 1. The van der Waals surface area contributed by atoms with Gasteiger partial charge >= 0.3 is 0 Å². The van der Waals surface area contributed by atoms with E-state index >= 15 is 0 Å². The predicted molar refractivity (Wildman–Crippen MR) is 70.1 cm³/mol. The van der Waals surface area contributed by atoms with Gasteiger partial charge in [0.2, 0.25) is 0 Å². The first-order valence-electron chi connectivity index (χ1n) is 6.01. The van der Waals surface area contributed by atoms with Crippen molar-refractivity contribution in [2.75, 3.05) is 0 Å². The zero-order valence-corrected chi connectivity index (χ0v) is 10.2. The molecule has 1 N–H and O–H groups in total. The van der Waals surface area contributed by atoms with Crippen molar-refractivity contribution in [2.45, 2.75) is 6.61 Å². The third-order valence-corrected chi connectivity index (χ3v) is 2.88. The molecule has 1 aromatic carbocycles. The second-order valence-electron chi connectivity index (χ2n) is 4.25. The van der Waals surface area contributed by atoms with Crippen LogP contribution in [0.1, 0.15) is 16.1 Å². The molecule has 3 aromatic rings. The highest BCUT2D eigenvalue weighted by atomic mass is 16.5. The molecule has 0 unspecified atom stereocenters. The number of rotatable bonds is 4. The van der Waals surface area contributed by atoms with Crippen LogP contribution >= 0.6 is 0 Å². The number of aldehydes is 1. The lowest BCUT2D eigenvalue weighted by Crippen LogP contribution is -2.16. The monoisotopic (exact) mass is 253 g/mol. The molecule has 0 fully saturated rings. The smallest absolute Gasteiger partial charge is 0.284 e. The zero-order valence-electron chi connectivity index (χ0n) is 10.2. The van der Waals surface area contributed by atoms with E-state index in [4.69, 9.17) is 4.74 Å². The number of hydrogen-bond acceptors (Lipinski definition) is 2. The average molecular weight is 253 g/mol. The van der Waals surface area contributed by atoms with E-state index in [1.807, 2.05) is 35.0 Å². The summed E-state index contributed by atoms with van der Waals surface area (Å²) >= 11 is 0. The van der Waals surface area contributed by atoms with Crippen molar-refractivity contribution in [2.24, 2.45) is 0 Å². The lowest BCUT2D eigenvalue weighted by Gasteiger charge is -2.02. The highest BCUT2D eigenvalue weighted by Crippen LogP contribution is 2.12. The Morgan fingerprint density at radius 1 is 1.16 bits per heavy atom. The number of aromatic nitrogens is 2. The van der Waals surface area contributed by atoms with E-state index in [1.54, 1.807) is 24.3 Å². The van der Waals surface area contributed by atoms with Gasteiger partial charge in [0.15, 0.2) is 12.3 Å². The standard InChI is InChI=1S/C15H12N2O2/c18-10-12-4-6-14(7-5-12)19-11-13-9-17-8-2-1-3-15(17)16-13/h1-10H,11H2/p+1. The Labute approximate surface area is 110 Å². The summed E-state index contributed by atoms with van der Waals surface area (Å²) in [5.41, 5.74) is 2.66. The van der Waals surface area contributed by atoms with Gasteiger partial charge in [-0.15, -0.1) is 0 Å². The summed E-state index contributed by atoms with van der Waals surface area (Å²) in [6, 6.07) is 13.0. The molecule has 0 aliphatic carbocycles. The molecule has 0 atom stereocenters. The summed E-state index contributed by atoms with van der Waals surface area (Å²) in [6.45, 7) is 0.460.